The standard InChI is InChI=1S/C12H15FN5O6PS/c1-6(2)23-25(26)21-5-12(16-17-14)9(24-25)8(13)10(22-12)18-4-3-7(19)15-11(18)20/h3-4,6,8-10H,5H2,1-2H3,(H,15,19,20)/t8-,9+,10-,12-,25?/m1/s1. The van der Waals surface area contributed by atoms with Crippen LogP contribution in [0, 0.1) is 0 Å². The molecule has 5 atom stereocenters. The molecule has 26 heavy (non-hydrogen) atoms. The molecule has 0 aliphatic carbocycles. The third-order valence-corrected chi connectivity index (χ3v) is 6.13. The lowest BCUT2D eigenvalue weighted by Gasteiger charge is -2.39. The highest BCUT2D eigenvalue weighted by molar-refractivity contribution is 8.07. The van der Waals surface area contributed by atoms with Crippen LogP contribution in [-0.2, 0) is 30.1 Å². The van der Waals surface area contributed by atoms with E-state index in [0.29, 0.717) is 0 Å². The number of alkyl halides is 1. The van der Waals surface area contributed by atoms with Gasteiger partial charge in [0.15, 0.2) is 12.4 Å². The van der Waals surface area contributed by atoms with Crippen LogP contribution in [0.1, 0.15) is 20.1 Å². The summed E-state index contributed by atoms with van der Waals surface area (Å²) in [6, 6.07) is 1.03. The summed E-state index contributed by atoms with van der Waals surface area (Å²) in [6.45, 7) is -0.288. The van der Waals surface area contributed by atoms with E-state index in [1.165, 1.54) is 0 Å². The Morgan fingerprint density at radius 3 is 2.96 bits per heavy atom. The number of ether oxygens (including phenoxy) is 1. The first-order chi connectivity index (χ1) is 12.2. The maximum absolute atomic E-state index is 15.1. The van der Waals surface area contributed by atoms with Gasteiger partial charge in [-0.2, -0.15) is 0 Å². The Balaban J connectivity index is 2.00. The Bertz CT molecular complexity index is 916. The Morgan fingerprint density at radius 1 is 1.62 bits per heavy atom. The van der Waals surface area contributed by atoms with E-state index in [4.69, 9.17) is 35.6 Å². The van der Waals surface area contributed by atoms with E-state index in [1.807, 2.05) is 4.98 Å². The summed E-state index contributed by atoms with van der Waals surface area (Å²) >= 11 is 5.21. The van der Waals surface area contributed by atoms with Crippen molar-refractivity contribution < 1.29 is 22.7 Å². The minimum Gasteiger partial charge on any atom is -0.337 e. The summed E-state index contributed by atoms with van der Waals surface area (Å²) in [5.41, 5.74) is 5.45. The SMILES string of the molecule is CC(C)OP1(=S)OC[C@@]2(N=[N+]=[N-])O[C@@H](n3ccc(=O)[nH]c3=O)[C@H](F)[C@@H]2O1. The van der Waals surface area contributed by atoms with Crippen LogP contribution < -0.4 is 11.2 Å². The van der Waals surface area contributed by atoms with Crippen LogP contribution in [0.3, 0.4) is 0 Å². The number of fused-ring (bicyclic) bond motifs is 1. The Hall–Kier alpha value is -1.59. The molecule has 2 saturated heterocycles. The molecule has 0 amide bonds. The third-order valence-electron chi connectivity index (χ3n) is 3.68. The molecular formula is C12H15FN5O6PS. The average Bonchev–Trinajstić information content (AvgIpc) is 2.80. The molecule has 0 saturated carbocycles. The molecule has 11 nitrogen and oxygen atoms in total. The van der Waals surface area contributed by atoms with Gasteiger partial charge in [-0.1, -0.05) is 5.11 Å². The number of hydrogen-bond acceptors (Lipinski definition) is 8. The second-order valence-electron chi connectivity index (χ2n) is 5.91. The van der Waals surface area contributed by atoms with Crippen LogP contribution in [0.15, 0.2) is 27.0 Å². The summed E-state index contributed by atoms with van der Waals surface area (Å²) < 4.78 is 37.8. The van der Waals surface area contributed by atoms with Gasteiger partial charge < -0.3 is 13.8 Å². The second kappa shape index (κ2) is 6.86. The van der Waals surface area contributed by atoms with Crippen LogP contribution in [0.5, 0.6) is 0 Å². The fraction of sp³-hybridized carbons (Fsp3) is 0.667. The van der Waals surface area contributed by atoms with E-state index in [0.717, 1.165) is 16.8 Å². The first-order valence-electron chi connectivity index (χ1n) is 7.51. The maximum atomic E-state index is 15.1. The monoisotopic (exact) mass is 407 g/mol. The van der Waals surface area contributed by atoms with E-state index in [9.17, 15) is 9.59 Å². The second-order valence-corrected chi connectivity index (χ2v) is 8.82. The van der Waals surface area contributed by atoms with Gasteiger partial charge >= 0.3 is 12.4 Å². The zero-order valence-corrected chi connectivity index (χ0v) is 15.4. The molecule has 142 valence electrons. The number of halogens is 1. The van der Waals surface area contributed by atoms with Gasteiger partial charge in [-0.15, -0.1) is 0 Å². The number of azide groups is 1. The topological polar surface area (TPSA) is 141 Å². The lowest BCUT2D eigenvalue weighted by Crippen LogP contribution is -2.48. The largest absolute Gasteiger partial charge is 0.337 e. The lowest BCUT2D eigenvalue weighted by atomic mass is 10.1. The lowest BCUT2D eigenvalue weighted by molar-refractivity contribution is -0.138. The van der Waals surface area contributed by atoms with Gasteiger partial charge in [0.25, 0.3) is 5.56 Å². The maximum Gasteiger partial charge on any atom is 0.330 e. The molecule has 0 spiro atoms. The van der Waals surface area contributed by atoms with Gasteiger partial charge in [0.2, 0.25) is 5.72 Å². The molecule has 14 heteroatoms. The number of nitrogens with one attached hydrogen (secondary N) is 1. The first-order valence-corrected chi connectivity index (χ1v) is 10.1. The molecule has 0 bridgehead atoms. The average molecular weight is 407 g/mol. The number of H-pyrrole nitrogens is 1. The summed E-state index contributed by atoms with van der Waals surface area (Å²) in [7, 11) is 0. The predicted molar refractivity (Wildman–Crippen MR) is 89.5 cm³/mol. The van der Waals surface area contributed by atoms with Crippen LogP contribution in [-0.4, -0.2) is 40.3 Å². The van der Waals surface area contributed by atoms with E-state index in [1.54, 1.807) is 13.8 Å². The molecule has 3 rings (SSSR count). The van der Waals surface area contributed by atoms with E-state index < -0.39 is 48.8 Å². The molecule has 2 fully saturated rings. The Kier molecular flexibility index (Phi) is 5.06. The molecule has 1 aromatic heterocycles. The highest BCUT2D eigenvalue weighted by Gasteiger charge is 2.62. The van der Waals surface area contributed by atoms with Crippen molar-refractivity contribution in [3.8, 4) is 0 Å². The van der Waals surface area contributed by atoms with Gasteiger partial charge in [0.1, 0.15) is 6.10 Å². The summed E-state index contributed by atoms with van der Waals surface area (Å²) in [6.07, 6.45) is -4.17. The summed E-state index contributed by atoms with van der Waals surface area (Å²) in [4.78, 5) is 27.8. The zero-order valence-electron chi connectivity index (χ0n) is 13.6. The summed E-state index contributed by atoms with van der Waals surface area (Å²) in [5, 5.41) is 3.49. The number of rotatable bonds is 4. The Labute approximate surface area is 150 Å². The van der Waals surface area contributed by atoms with Gasteiger partial charge in [0.05, 0.1) is 12.7 Å². The minimum absolute atomic E-state index is 0.342. The first kappa shape index (κ1) is 19.2. The van der Waals surface area contributed by atoms with Gasteiger partial charge in [-0.25, -0.2) is 9.18 Å². The molecular weight excluding hydrogens is 392 g/mol. The number of aromatic amines is 1. The van der Waals surface area contributed by atoms with Crippen molar-refractivity contribution in [2.75, 3.05) is 6.61 Å². The molecule has 2 aliphatic rings. The van der Waals surface area contributed by atoms with Crippen molar-refractivity contribution in [2.24, 2.45) is 5.11 Å². The van der Waals surface area contributed by atoms with E-state index in [-0.39, 0.29) is 6.10 Å². The van der Waals surface area contributed by atoms with Gasteiger partial charge in [-0.05, 0) is 31.2 Å². The fourth-order valence-corrected chi connectivity index (χ4v) is 5.22. The van der Waals surface area contributed by atoms with Crippen LogP contribution in [0.25, 0.3) is 10.4 Å². The third kappa shape index (κ3) is 3.35. The van der Waals surface area contributed by atoms with Crippen molar-refractivity contribution in [3.63, 3.8) is 0 Å². The smallest absolute Gasteiger partial charge is 0.330 e. The molecule has 1 aromatic rings. The minimum atomic E-state index is -3.30. The molecule has 1 unspecified atom stereocenters. The zero-order chi connectivity index (χ0) is 19.1. The van der Waals surface area contributed by atoms with E-state index in [2.05, 4.69) is 10.0 Å². The summed E-state index contributed by atoms with van der Waals surface area (Å²) in [5.74, 6) is 0. The van der Waals surface area contributed by atoms with Crippen molar-refractivity contribution in [3.05, 3.63) is 43.5 Å². The normalized spacial score (nSPS) is 36.5. The molecule has 0 radical (unpaired) electrons. The van der Waals surface area contributed by atoms with Gasteiger partial charge in [-0.3, -0.25) is 18.9 Å². The van der Waals surface area contributed by atoms with Crippen LogP contribution in [0.4, 0.5) is 4.39 Å². The predicted octanol–water partition coefficient (Wildman–Crippen LogP) is 1.47. The highest BCUT2D eigenvalue weighted by Crippen LogP contribution is 2.61. The van der Waals surface area contributed by atoms with Gasteiger partial charge in [0, 0.05) is 17.2 Å². The molecule has 2 aliphatic heterocycles. The van der Waals surface area contributed by atoms with Crippen molar-refractivity contribution in [2.45, 2.75) is 44.2 Å². The number of hydrogen-bond donors (Lipinski definition) is 1. The van der Waals surface area contributed by atoms with Crippen molar-refractivity contribution in [1.82, 2.24) is 9.55 Å². The van der Waals surface area contributed by atoms with Crippen molar-refractivity contribution in [1.29, 1.82) is 0 Å². The van der Waals surface area contributed by atoms with E-state index >= 15 is 4.39 Å². The quantitative estimate of drug-likeness (QED) is 0.345. The number of nitrogens with zero attached hydrogens (tertiary/aromatic N) is 4. The molecule has 0 aromatic carbocycles. The molecule has 3 heterocycles. The highest BCUT2D eigenvalue weighted by atomic mass is 32.5. The molecule has 1 N–H and O–H groups in total. The van der Waals surface area contributed by atoms with Crippen LogP contribution in [0.2, 0.25) is 0 Å². The van der Waals surface area contributed by atoms with Crippen molar-refractivity contribution >= 4 is 18.5 Å². The number of aromatic nitrogens is 2. The van der Waals surface area contributed by atoms with Crippen LogP contribution >= 0.6 is 6.72 Å². The fourth-order valence-electron chi connectivity index (χ4n) is 2.67. The Morgan fingerprint density at radius 2 is 2.35 bits per heavy atom.